The standard InChI is InChI=1S/C25H32N4O3/c1-24(2,3)32-23(30)15-25(4)9-12-28(13-10-25)22-7-6-18(16-26-22)20-14-19(31-5)17-29-21(20)8-11-27-29/h6-8,11,14,16-17H,9-10,12-13,15H2,1-5H3. The van der Waals surface area contributed by atoms with E-state index in [0.29, 0.717) is 6.42 Å². The number of fused-ring (bicyclic) bond motifs is 1. The Hall–Kier alpha value is -3.09. The second kappa shape index (κ2) is 8.45. The molecule has 0 amide bonds. The number of esters is 1. The van der Waals surface area contributed by atoms with Crippen LogP contribution in [0, 0.1) is 5.41 Å². The lowest BCUT2D eigenvalue weighted by Crippen LogP contribution is -2.40. The molecule has 0 bridgehead atoms. The van der Waals surface area contributed by atoms with Crippen LogP contribution in [0.1, 0.15) is 47.0 Å². The number of nitrogens with zero attached hydrogens (tertiary/aromatic N) is 4. The molecule has 1 aliphatic heterocycles. The maximum absolute atomic E-state index is 12.3. The van der Waals surface area contributed by atoms with Gasteiger partial charge in [0, 0.05) is 30.4 Å². The molecule has 0 spiro atoms. The van der Waals surface area contributed by atoms with E-state index in [-0.39, 0.29) is 11.4 Å². The van der Waals surface area contributed by atoms with Crippen LogP contribution in [0.2, 0.25) is 0 Å². The summed E-state index contributed by atoms with van der Waals surface area (Å²) in [6, 6.07) is 8.16. The molecule has 7 nitrogen and oxygen atoms in total. The summed E-state index contributed by atoms with van der Waals surface area (Å²) in [5.41, 5.74) is 2.59. The predicted octanol–water partition coefficient (Wildman–Crippen LogP) is 4.74. The highest BCUT2D eigenvalue weighted by atomic mass is 16.6. The summed E-state index contributed by atoms with van der Waals surface area (Å²) in [6.45, 7) is 9.66. The summed E-state index contributed by atoms with van der Waals surface area (Å²) in [7, 11) is 1.66. The minimum absolute atomic E-state index is 0.0347. The monoisotopic (exact) mass is 436 g/mol. The third-order valence-corrected chi connectivity index (χ3v) is 6.06. The number of hydrogen-bond acceptors (Lipinski definition) is 6. The van der Waals surface area contributed by atoms with Crippen LogP contribution in [0.15, 0.2) is 42.9 Å². The van der Waals surface area contributed by atoms with Crippen LogP contribution in [0.4, 0.5) is 5.82 Å². The number of rotatable bonds is 5. The molecule has 0 N–H and O–H groups in total. The van der Waals surface area contributed by atoms with Gasteiger partial charge in [0.25, 0.3) is 0 Å². The maximum Gasteiger partial charge on any atom is 0.306 e. The number of carbonyl (C=O) groups is 1. The maximum atomic E-state index is 12.3. The molecule has 4 rings (SSSR count). The van der Waals surface area contributed by atoms with Crippen molar-refractivity contribution in [3.05, 3.63) is 42.9 Å². The van der Waals surface area contributed by atoms with E-state index >= 15 is 0 Å². The van der Waals surface area contributed by atoms with E-state index in [0.717, 1.165) is 54.1 Å². The Morgan fingerprint density at radius 3 is 2.56 bits per heavy atom. The Kier molecular flexibility index (Phi) is 5.84. The molecule has 0 aromatic carbocycles. The first-order chi connectivity index (χ1) is 15.2. The van der Waals surface area contributed by atoms with Crippen molar-refractivity contribution in [3.63, 3.8) is 0 Å². The molecule has 3 aromatic rings. The number of piperidine rings is 1. The van der Waals surface area contributed by atoms with E-state index in [9.17, 15) is 4.79 Å². The van der Waals surface area contributed by atoms with Gasteiger partial charge >= 0.3 is 5.97 Å². The normalized spacial score (nSPS) is 16.2. The summed E-state index contributed by atoms with van der Waals surface area (Å²) in [5.74, 6) is 1.60. The summed E-state index contributed by atoms with van der Waals surface area (Å²) in [5, 5.41) is 4.33. The van der Waals surface area contributed by atoms with Crippen molar-refractivity contribution < 1.29 is 14.3 Å². The number of aromatic nitrogens is 3. The van der Waals surface area contributed by atoms with E-state index in [1.54, 1.807) is 13.3 Å². The molecule has 32 heavy (non-hydrogen) atoms. The molecule has 0 unspecified atom stereocenters. The van der Waals surface area contributed by atoms with Crippen molar-refractivity contribution in [2.24, 2.45) is 5.41 Å². The highest BCUT2D eigenvalue weighted by molar-refractivity contribution is 5.81. The van der Waals surface area contributed by atoms with Gasteiger partial charge in [0.15, 0.2) is 0 Å². The van der Waals surface area contributed by atoms with Gasteiger partial charge < -0.3 is 14.4 Å². The van der Waals surface area contributed by atoms with E-state index in [4.69, 9.17) is 14.5 Å². The Balaban J connectivity index is 1.44. The van der Waals surface area contributed by atoms with E-state index in [1.807, 2.05) is 49.8 Å². The number of hydrogen-bond donors (Lipinski definition) is 0. The van der Waals surface area contributed by atoms with Gasteiger partial charge in [-0.2, -0.15) is 5.10 Å². The highest BCUT2D eigenvalue weighted by Crippen LogP contribution is 2.37. The molecule has 3 aromatic heterocycles. The van der Waals surface area contributed by atoms with Gasteiger partial charge in [0.05, 0.1) is 31.4 Å². The van der Waals surface area contributed by atoms with Gasteiger partial charge in [-0.15, -0.1) is 0 Å². The van der Waals surface area contributed by atoms with Crippen LogP contribution < -0.4 is 9.64 Å². The van der Waals surface area contributed by atoms with Gasteiger partial charge in [-0.1, -0.05) is 6.92 Å². The number of pyridine rings is 2. The van der Waals surface area contributed by atoms with Crippen molar-refractivity contribution >= 4 is 17.3 Å². The molecule has 1 aliphatic rings. The third kappa shape index (κ3) is 4.87. The Morgan fingerprint density at radius 2 is 1.94 bits per heavy atom. The van der Waals surface area contributed by atoms with Crippen molar-refractivity contribution in [2.75, 3.05) is 25.1 Å². The third-order valence-electron chi connectivity index (χ3n) is 6.06. The molecule has 0 aliphatic carbocycles. The molecule has 0 atom stereocenters. The van der Waals surface area contributed by atoms with Crippen molar-refractivity contribution in [1.82, 2.24) is 14.6 Å². The summed E-state index contributed by atoms with van der Waals surface area (Å²) in [6.07, 6.45) is 7.88. The molecular weight excluding hydrogens is 404 g/mol. The number of carbonyl (C=O) groups excluding carboxylic acids is 1. The lowest BCUT2D eigenvalue weighted by Gasteiger charge is -2.39. The van der Waals surface area contributed by atoms with Crippen LogP contribution in [-0.2, 0) is 9.53 Å². The average molecular weight is 437 g/mol. The molecule has 4 heterocycles. The Morgan fingerprint density at radius 1 is 1.19 bits per heavy atom. The molecule has 0 saturated carbocycles. The van der Waals surface area contributed by atoms with Crippen molar-refractivity contribution in [2.45, 2.75) is 52.6 Å². The van der Waals surface area contributed by atoms with Crippen LogP contribution in [-0.4, -0.2) is 46.4 Å². The fourth-order valence-corrected chi connectivity index (χ4v) is 4.26. The highest BCUT2D eigenvalue weighted by Gasteiger charge is 2.34. The molecule has 7 heteroatoms. The van der Waals surface area contributed by atoms with Gasteiger partial charge in [-0.3, -0.25) is 4.79 Å². The molecule has 0 radical (unpaired) electrons. The predicted molar refractivity (Wildman–Crippen MR) is 125 cm³/mol. The molecular formula is C25H32N4O3. The summed E-state index contributed by atoms with van der Waals surface area (Å²) < 4.78 is 12.8. The molecule has 1 fully saturated rings. The summed E-state index contributed by atoms with van der Waals surface area (Å²) >= 11 is 0. The SMILES string of the molecule is COc1cc(-c2ccc(N3CCC(C)(CC(=O)OC(C)(C)C)CC3)nc2)c2ccnn2c1. The quantitative estimate of drug-likeness (QED) is 0.538. The van der Waals surface area contributed by atoms with E-state index in [1.165, 1.54) is 0 Å². The zero-order valence-corrected chi connectivity index (χ0v) is 19.6. The fourth-order valence-electron chi connectivity index (χ4n) is 4.26. The fraction of sp³-hybridized carbons (Fsp3) is 0.480. The van der Waals surface area contributed by atoms with Gasteiger partial charge in [-0.05, 0) is 63.3 Å². The first-order valence-electron chi connectivity index (χ1n) is 11.1. The van der Waals surface area contributed by atoms with Crippen molar-refractivity contribution in [1.29, 1.82) is 0 Å². The zero-order chi connectivity index (χ0) is 22.9. The van der Waals surface area contributed by atoms with Crippen LogP contribution in [0.3, 0.4) is 0 Å². The minimum Gasteiger partial charge on any atom is -0.495 e. The molecule has 1 saturated heterocycles. The lowest BCUT2D eigenvalue weighted by atomic mass is 9.77. The second-order valence-corrected chi connectivity index (χ2v) is 9.92. The number of ether oxygens (including phenoxy) is 2. The zero-order valence-electron chi connectivity index (χ0n) is 19.6. The lowest BCUT2D eigenvalue weighted by molar-refractivity contribution is -0.157. The second-order valence-electron chi connectivity index (χ2n) is 9.92. The Bertz CT molecular complexity index is 1090. The first-order valence-corrected chi connectivity index (χ1v) is 11.1. The first kappa shape index (κ1) is 22.1. The van der Waals surface area contributed by atoms with Gasteiger partial charge in [0.2, 0.25) is 0 Å². The smallest absolute Gasteiger partial charge is 0.306 e. The van der Waals surface area contributed by atoms with Gasteiger partial charge in [-0.25, -0.2) is 9.50 Å². The Labute approximate surface area is 189 Å². The van der Waals surface area contributed by atoms with Crippen LogP contribution in [0.25, 0.3) is 16.6 Å². The minimum atomic E-state index is -0.439. The van der Waals surface area contributed by atoms with Crippen molar-refractivity contribution in [3.8, 4) is 16.9 Å². The molecule has 170 valence electrons. The van der Waals surface area contributed by atoms with Crippen LogP contribution >= 0.6 is 0 Å². The number of anilines is 1. The summed E-state index contributed by atoms with van der Waals surface area (Å²) in [4.78, 5) is 19.4. The van der Waals surface area contributed by atoms with Crippen LogP contribution in [0.5, 0.6) is 5.75 Å². The van der Waals surface area contributed by atoms with E-state index < -0.39 is 5.60 Å². The van der Waals surface area contributed by atoms with E-state index in [2.05, 4.69) is 29.1 Å². The topological polar surface area (TPSA) is 69.0 Å². The van der Waals surface area contributed by atoms with Gasteiger partial charge in [0.1, 0.15) is 17.2 Å². The average Bonchev–Trinajstić information content (AvgIpc) is 3.20. The largest absolute Gasteiger partial charge is 0.495 e. The number of methoxy groups -OCH3 is 1.